The van der Waals surface area contributed by atoms with Crippen LogP contribution in [-0.2, 0) is 9.53 Å². The molecule has 0 spiro atoms. The van der Waals surface area contributed by atoms with E-state index in [0.717, 1.165) is 11.3 Å². The number of rotatable bonds is 1. The van der Waals surface area contributed by atoms with Gasteiger partial charge in [0.25, 0.3) is 0 Å². The van der Waals surface area contributed by atoms with Crippen LogP contribution in [0.4, 0.5) is 10.5 Å². The van der Waals surface area contributed by atoms with Crippen molar-refractivity contribution >= 4 is 23.3 Å². The van der Waals surface area contributed by atoms with Crippen molar-refractivity contribution in [2.45, 2.75) is 26.4 Å². The summed E-state index contributed by atoms with van der Waals surface area (Å²) in [5, 5.41) is 0. The van der Waals surface area contributed by atoms with Crippen LogP contribution in [0.3, 0.4) is 0 Å². The second kappa shape index (κ2) is 5.57. The molecule has 7 nitrogen and oxygen atoms in total. The first-order chi connectivity index (χ1) is 10.8. The van der Waals surface area contributed by atoms with Crippen molar-refractivity contribution in [1.82, 2.24) is 14.3 Å². The third-order valence-corrected chi connectivity index (χ3v) is 3.57. The van der Waals surface area contributed by atoms with E-state index in [-0.39, 0.29) is 12.5 Å². The summed E-state index contributed by atoms with van der Waals surface area (Å²) in [6, 6.07) is 3.73. The molecule has 122 valence electrons. The number of hydrogen-bond acceptors (Lipinski definition) is 4. The van der Waals surface area contributed by atoms with Crippen LogP contribution in [0.15, 0.2) is 30.7 Å². The molecule has 2 aromatic rings. The Morgan fingerprint density at radius 1 is 1.26 bits per heavy atom. The molecule has 0 aliphatic carbocycles. The fraction of sp³-hybridized carbons (Fsp3) is 0.438. The van der Waals surface area contributed by atoms with Crippen molar-refractivity contribution < 1.29 is 14.3 Å². The summed E-state index contributed by atoms with van der Waals surface area (Å²) in [5.74, 6) is -0.127. The molecule has 1 saturated heterocycles. The van der Waals surface area contributed by atoms with Crippen LogP contribution >= 0.6 is 0 Å². The predicted molar refractivity (Wildman–Crippen MR) is 85.4 cm³/mol. The zero-order valence-corrected chi connectivity index (χ0v) is 13.5. The molecular weight excluding hydrogens is 296 g/mol. The van der Waals surface area contributed by atoms with Crippen molar-refractivity contribution in [3.05, 3.63) is 30.7 Å². The lowest BCUT2D eigenvalue weighted by molar-refractivity contribution is -0.121. The van der Waals surface area contributed by atoms with Gasteiger partial charge in [-0.1, -0.05) is 0 Å². The van der Waals surface area contributed by atoms with Crippen LogP contribution < -0.4 is 4.90 Å². The van der Waals surface area contributed by atoms with Gasteiger partial charge in [0, 0.05) is 43.4 Å². The fourth-order valence-corrected chi connectivity index (χ4v) is 2.50. The summed E-state index contributed by atoms with van der Waals surface area (Å²) in [4.78, 5) is 31.8. The highest BCUT2D eigenvalue weighted by Gasteiger charge is 2.30. The van der Waals surface area contributed by atoms with Gasteiger partial charge < -0.3 is 14.0 Å². The van der Waals surface area contributed by atoms with Gasteiger partial charge in [0.1, 0.15) is 17.8 Å². The van der Waals surface area contributed by atoms with Crippen molar-refractivity contribution in [3.63, 3.8) is 0 Å². The number of pyridine rings is 1. The number of piperazine rings is 1. The Morgan fingerprint density at radius 2 is 2.04 bits per heavy atom. The van der Waals surface area contributed by atoms with Gasteiger partial charge in [0.2, 0.25) is 5.91 Å². The number of ether oxygens (including phenoxy) is 1. The SMILES string of the molecule is CC(C)(C)OC(=O)N1CCN(c2ccn3ccnc3c2)C(=O)C1. The number of nitrogens with zero attached hydrogens (tertiary/aromatic N) is 4. The van der Waals surface area contributed by atoms with Crippen molar-refractivity contribution in [3.8, 4) is 0 Å². The molecule has 1 aliphatic rings. The van der Waals surface area contributed by atoms with Crippen molar-refractivity contribution in [2.24, 2.45) is 0 Å². The van der Waals surface area contributed by atoms with E-state index in [2.05, 4.69) is 4.98 Å². The van der Waals surface area contributed by atoms with Crippen molar-refractivity contribution in [1.29, 1.82) is 0 Å². The Balaban J connectivity index is 1.71. The van der Waals surface area contributed by atoms with Gasteiger partial charge >= 0.3 is 6.09 Å². The van der Waals surface area contributed by atoms with Gasteiger partial charge in [0.15, 0.2) is 0 Å². The van der Waals surface area contributed by atoms with E-state index < -0.39 is 11.7 Å². The van der Waals surface area contributed by atoms with Gasteiger partial charge in [-0.25, -0.2) is 9.78 Å². The van der Waals surface area contributed by atoms with E-state index in [1.54, 1.807) is 11.1 Å². The highest BCUT2D eigenvalue weighted by atomic mass is 16.6. The van der Waals surface area contributed by atoms with E-state index in [1.165, 1.54) is 4.90 Å². The Kier molecular flexibility index (Phi) is 3.71. The molecule has 2 amide bonds. The Morgan fingerprint density at radius 3 is 2.74 bits per heavy atom. The highest BCUT2D eigenvalue weighted by molar-refractivity contribution is 5.97. The Hall–Kier alpha value is -2.57. The summed E-state index contributed by atoms with van der Waals surface area (Å²) in [6.45, 7) is 6.33. The largest absolute Gasteiger partial charge is 0.444 e. The summed E-state index contributed by atoms with van der Waals surface area (Å²) in [5.41, 5.74) is 1.01. The monoisotopic (exact) mass is 316 g/mol. The third kappa shape index (κ3) is 3.28. The maximum absolute atomic E-state index is 12.4. The molecular formula is C16H20N4O3. The van der Waals surface area contributed by atoms with E-state index in [0.29, 0.717) is 13.1 Å². The first-order valence-electron chi connectivity index (χ1n) is 7.54. The fourth-order valence-electron chi connectivity index (χ4n) is 2.50. The molecule has 0 atom stereocenters. The zero-order valence-electron chi connectivity index (χ0n) is 13.5. The number of imidazole rings is 1. The molecule has 0 radical (unpaired) electrons. The summed E-state index contributed by atoms with van der Waals surface area (Å²) in [7, 11) is 0. The van der Waals surface area contributed by atoms with Crippen LogP contribution in [0.25, 0.3) is 5.65 Å². The van der Waals surface area contributed by atoms with Gasteiger partial charge in [0.05, 0.1) is 0 Å². The van der Waals surface area contributed by atoms with Gasteiger partial charge in [-0.2, -0.15) is 0 Å². The minimum Gasteiger partial charge on any atom is -0.444 e. The quantitative estimate of drug-likeness (QED) is 0.806. The number of hydrogen-bond donors (Lipinski definition) is 0. The van der Waals surface area contributed by atoms with Crippen LogP contribution in [0.5, 0.6) is 0 Å². The number of aromatic nitrogens is 2. The molecule has 1 fully saturated rings. The standard InChI is InChI=1S/C16H20N4O3/c1-16(2,3)23-15(22)19-8-9-20(14(21)11-19)12-4-6-18-7-5-17-13(18)10-12/h4-7,10H,8-9,11H2,1-3H3. The van der Waals surface area contributed by atoms with Crippen molar-refractivity contribution in [2.75, 3.05) is 24.5 Å². The van der Waals surface area contributed by atoms with Crippen LogP contribution in [0.1, 0.15) is 20.8 Å². The minimum atomic E-state index is -0.566. The summed E-state index contributed by atoms with van der Waals surface area (Å²) in [6.07, 6.45) is 4.97. The number of carbonyl (C=O) groups excluding carboxylic acids is 2. The minimum absolute atomic E-state index is 0.0224. The van der Waals surface area contributed by atoms with Gasteiger partial charge in [-0.15, -0.1) is 0 Å². The molecule has 3 heterocycles. The van der Waals surface area contributed by atoms with Gasteiger partial charge in [-0.05, 0) is 26.8 Å². The smallest absolute Gasteiger partial charge is 0.410 e. The second-order valence-corrected chi connectivity index (χ2v) is 6.52. The molecule has 7 heteroatoms. The maximum atomic E-state index is 12.4. The molecule has 2 aromatic heterocycles. The first-order valence-corrected chi connectivity index (χ1v) is 7.54. The zero-order chi connectivity index (χ0) is 16.6. The predicted octanol–water partition coefficient (Wildman–Crippen LogP) is 1.92. The number of fused-ring (bicyclic) bond motifs is 1. The maximum Gasteiger partial charge on any atom is 0.410 e. The van der Waals surface area contributed by atoms with E-state index in [4.69, 9.17) is 4.74 Å². The third-order valence-electron chi connectivity index (χ3n) is 3.57. The average Bonchev–Trinajstić information content (AvgIpc) is 2.92. The molecule has 1 aliphatic heterocycles. The average molecular weight is 316 g/mol. The molecule has 0 unspecified atom stereocenters. The van der Waals surface area contributed by atoms with E-state index in [9.17, 15) is 9.59 Å². The lowest BCUT2D eigenvalue weighted by atomic mass is 10.2. The number of amides is 2. The molecule has 0 N–H and O–H groups in total. The molecule has 3 rings (SSSR count). The number of anilines is 1. The van der Waals surface area contributed by atoms with E-state index >= 15 is 0 Å². The van der Waals surface area contributed by atoms with Gasteiger partial charge in [-0.3, -0.25) is 9.69 Å². The Bertz CT molecular complexity index is 747. The van der Waals surface area contributed by atoms with Crippen LogP contribution in [-0.4, -0.2) is 51.5 Å². The molecule has 23 heavy (non-hydrogen) atoms. The molecule has 0 bridgehead atoms. The van der Waals surface area contributed by atoms with Crippen LogP contribution in [0, 0.1) is 0 Å². The summed E-state index contributed by atoms with van der Waals surface area (Å²) >= 11 is 0. The topological polar surface area (TPSA) is 67.2 Å². The normalized spacial score (nSPS) is 16.0. The highest BCUT2D eigenvalue weighted by Crippen LogP contribution is 2.20. The van der Waals surface area contributed by atoms with Crippen LogP contribution in [0.2, 0.25) is 0 Å². The number of carbonyl (C=O) groups is 2. The molecule has 0 saturated carbocycles. The summed E-state index contributed by atoms with van der Waals surface area (Å²) < 4.78 is 7.20. The van der Waals surface area contributed by atoms with E-state index in [1.807, 2.05) is 49.7 Å². The lowest BCUT2D eigenvalue weighted by Gasteiger charge is -2.35. The second-order valence-electron chi connectivity index (χ2n) is 6.52. The lowest BCUT2D eigenvalue weighted by Crippen LogP contribution is -2.53. The molecule has 0 aromatic carbocycles. The Labute approximate surface area is 134 Å². The first kappa shape index (κ1) is 15.3.